The van der Waals surface area contributed by atoms with Gasteiger partial charge < -0.3 is 39.1 Å². The van der Waals surface area contributed by atoms with Crippen LogP contribution in [0.4, 0.5) is 4.79 Å². The van der Waals surface area contributed by atoms with E-state index in [1.807, 2.05) is 39.0 Å². The Labute approximate surface area is 251 Å². The van der Waals surface area contributed by atoms with E-state index in [0.717, 1.165) is 18.4 Å². The number of cyclic esters (lactones) is 1. The lowest BCUT2D eigenvalue weighted by molar-refractivity contribution is -0.172. The van der Waals surface area contributed by atoms with Crippen molar-refractivity contribution in [1.29, 1.82) is 0 Å². The maximum absolute atomic E-state index is 13.5. The summed E-state index contributed by atoms with van der Waals surface area (Å²) in [4.78, 5) is 41.8. The number of aromatic amines is 1. The fourth-order valence-electron chi connectivity index (χ4n) is 7.79. The highest BCUT2D eigenvalue weighted by atomic mass is 16.6. The first-order valence-electron chi connectivity index (χ1n) is 15.3. The third-order valence-electron chi connectivity index (χ3n) is 10.1. The van der Waals surface area contributed by atoms with Crippen LogP contribution in [-0.2, 0) is 28.5 Å². The molecule has 11 nitrogen and oxygen atoms in total. The summed E-state index contributed by atoms with van der Waals surface area (Å²) in [5, 5.41) is 14.7. The third-order valence-corrected chi connectivity index (χ3v) is 10.1. The first kappa shape index (κ1) is 29.9. The number of aliphatic hydroxyl groups is 1. The maximum Gasteiger partial charge on any atom is 0.407 e. The number of methoxy groups -OCH3 is 1. The average Bonchev–Trinajstić information content (AvgIpc) is 3.54. The zero-order valence-electron chi connectivity index (χ0n) is 25.2. The van der Waals surface area contributed by atoms with Crippen LogP contribution < -0.4 is 5.32 Å². The van der Waals surface area contributed by atoms with Gasteiger partial charge in [-0.1, -0.05) is 32.1 Å². The second kappa shape index (κ2) is 11.4. The van der Waals surface area contributed by atoms with E-state index < -0.39 is 66.2 Å². The van der Waals surface area contributed by atoms with Gasteiger partial charge in [-0.2, -0.15) is 0 Å². The minimum Gasteiger partial charge on any atom is -0.456 e. The summed E-state index contributed by atoms with van der Waals surface area (Å²) >= 11 is 0. The van der Waals surface area contributed by atoms with E-state index >= 15 is 0 Å². The summed E-state index contributed by atoms with van der Waals surface area (Å²) in [6, 6.07) is 3.50. The van der Waals surface area contributed by atoms with Crippen molar-refractivity contribution in [2.45, 2.75) is 95.2 Å². The number of amides is 1. The predicted molar refractivity (Wildman–Crippen MR) is 153 cm³/mol. The predicted octanol–water partition coefficient (Wildman–Crippen LogP) is 3.30. The minimum atomic E-state index is -0.980. The number of H-pyrrole nitrogens is 1. The number of hydrogen-bond acceptors (Lipinski definition) is 9. The first-order chi connectivity index (χ1) is 20.5. The van der Waals surface area contributed by atoms with Crippen molar-refractivity contribution in [3.8, 4) is 0 Å². The van der Waals surface area contributed by atoms with E-state index in [1.165, 1.54) is 7.11 Å². The van der Waals surface area contributed by atoms with Gasteiger partial charge in [0.1, 0.15) is 35.7 Å². The lowest BCUT2D eigenvalue weighted by Crippen LogP contribution is -2.57. The second-order valence-electron chi connectivity index (χ2n) is 12.9. The molecular weight excluding hydrogens is 556 g/mol. The zero-order chi connectivity index (χ0) is 30.6. The number of ether oxygens (including phenoxy) is 5. The number of aliphatic hydroxyl groups excluding tert-OH is 1. The van der Waals surface area contributed by atoms with Gasteiger partial charge in [0.15, 0.2) is 6.10 Å². The van der Waals surface area contributed by atoms with Gasteiger partial charge in [-0.05, 0) is 50.8 Å². The molecule has 4 bridgehead atoms. The lowest BCUT2D eigenvalue weighted by atomic mass is 9.57. The van der Waals surface area contributed by atoms with Crippen LogP contribution in [0.1, 0.15) is 57.4 Å². The third kappa shape index (κ3) is 5.19. The topological polar surface area (TPSA) is 145 Å². The Kier molecular flexibility index (Phi) is 7.93. The molecule has 2 saturated carbocycles. The van der Waals surface area contributed by atoms with Crippen molar-refractivity contribution in [3.05, 3.63) is 47.8 Å². The SMILES string of the molecule is CO[C@H]1C[C@H]2C=C[C@H]3[C@H]4O[C@]2(/C(C)=C/[C@@H](C)[C@@H]([C@@H](C)OC(=O)NC2CC2)OC1=O)[C@@H]3[C@H](O)[C@@H](C)[C@H]4OC(=O)c1ccc[nH]1. The number of carbonyl (C=O) groups excluding carboxylic acids is 3. The number of rotatable bonds is 6. The van der Waals surface area contributed by atoms with Crippen LogP contribution >= 0.6 is 0 Å². The van der Waals surface area contributed by atoms with E-state index in [-0.39, 0.29) is 36.1 Å². The van der Waals surface area contributed by atoms with Gasteiger partial charge in [0.05, 0.1) is 6.10 Å². The van der Waals surface area contributed by atoms with Gasteiger partial charge in [-0.25, -0.2) is 14.4 Å². The molecule has 1 aromatic rings. The molecule has 11 heteroatoms. The summed E-state index contributed by atoms with van der Waals surface area (Å²) < 4.78 is 30.3. The number of esters is 2. The molecule has 1 spiro atoms. The molecule has 2 aliphatic heterocycles. The van der Waals surface area contributed by atoms with Gasteiger partial charge in [-0.3, -0.25) is 0 Å². The molecule has 1 aromatic heterocycles. The molecule has 1 amide bonds. The van der Waals surface area contributed by atoms with Crippen LogP contribution in [0.3, 0.4) is 0 Å². The van der Waals surface area contributed by atoms with Crippen molar-refractivity contribution in [1.82, 2.24) is 10.3 Å². The Bertz CT molecular complexity index is 1290. The van der Waals surface area contributed by atoms with Gasteiger partial charge in [0.2, 0.25) is 0 Å². The maximum atomic E-state index is 13.5. The molecule has 3 fully saturated rings. The molecule has 43 heavy (non-hydrogen) atoms. The molecule has 0 radical (unpaired) electrons. The molecule has 12 atom stereocenters. The zero-order valence-corrected chi connectivity index (χ0v) is 25.2. The monoisotopic (exact) mass is 598 g/mol. The lowest BCUT2D eigenvalue weighted by Gasteiger charge is -2.48. The van der Waals surface area contributed by atoms with E-state index in [2.05, 4.69) is 10.3 Å². The Balaban J connectivity index is 1.34. The molecule has 0 aromatic carbocycles. The molecule has 0 unspecified atom stereocenters. The highest BCUT2D eigenvalue weighted by Crippen LogP contribution is 2.61. The molecular formula is C32H42N2O9. The molecule has 3 N–H and O–H groups in total. The van der Waals surface area contributed by atoms with Crippen LogP contribution in [0.25, 0.3) is 0 Å². The van der Waals surface area contributed by atoms with Crippen LogP contribution in [0.2, 0.25) is 0 Å². The Morgan fingerprint density at radius 2 is 2.00 bits per heavy atom. The van der Waals surface area contributed by atoms with Crippen molar-refractivity contribution < 1.29 is 43.2 Å². The van der Waals surface area contributed by atoms with Crippen LogP contribution in [0.5, 0.6) is 0 Å². The van der Waals surface area contributed by atoms with Crippen molar-refractivity contribution in [2.24, 2.45) is 29.6 Å². The highest BCUT2D eigenvalue weighted by Gasteiger charge is 2.69. The number of nitrogens with one attached hydrogen (secondary N) is 2. The van der Waals surface area contributed by atoms with Gasteiger partial charge in [0, 0.05) is 48.9 Å². The van der Waals surface area contributed by atoms with E-state index in [9.17, 15) is 19.5 Å². The first-order valence-corrected chi connectivity index (χ1v) is 15.3. The number of hydrogen-bond donors (Lipinski definition) is 3. The number of aromatic nitrogens is 1. The Morgan fingerprint density at radius 1 is 1.23 bits per heavy atom. The van der Waals surface area contributed by atoms with Gasteiger partial charge in [0.25, 0.3) is 0 Å². The van der Waals surface area contributed by atoms with Crippen LogP contribution in [0.15, 0.2) is 42.1 Å². The van der Waals surface area contributed by atoms with E-state index in [1.54, 1.807) is 25.3 Å². The van der Waals surface area contributed by atoms with Gasteiger partial charge >= 0.3 is 18.0 Å². The summed E-state index contributed by atoms with van der Waals surface area (Å²) in [7, 11) is 1.46. The normalized spacial score (nSPS) is 42.1. The van der Waals surface area contributed by atoms with Crippen LogP contribution in [0, 0.1) is 29.6 Å². The number of alkyl carbamates (subject to hydrolysis) is 1. The summed E-state index contributed by atoms with van der Waals surface area (Å²) in [5.74, 6) is -2.70. The van der Waals surface area contributed by atoms with Crippen molar-refractivity contribution in [3.63, 3.8) is 0 Å². The van der Waals surface area contributed by atoms with Gasteiger partial charge in [-0.15, -0.1) is 0 Å². The fourth-order valence-corrected chi connectivity index (χ4v) is 7.79. The molecule has 1 saturated heterocycles. The minimum absolute atomic E-state index is 0.130. The molecule has 3 aliphatic carbocycles. The standard InChI is InChI=1S/C32H42N2O9/c1-15-13-16(2)32-19(14-23(39-5)30(37)41-26(15)18(4)40-31(38)34-20-9-10-20)8-11-21-24(32)25(35)17(3)27(28(21)43-32)42-29(36)22-7-6-12-33-22/h6-8,11-13,15,17-21,23-28,33,35H,9-10,14H2,1-5H3,(H,34,38)/b16-13+/t15-,17-,18-,19-,21-,23+,24+,25-,26+,27-,28-,32+/m1/s1. The molecule has 234 valence electrons. The highest BCUT2D eigenvalue weighted by molar-refractivity contribution is 5.87. The largest absolute Gasteiger partial charge is 0.456 e. The quantitative estimate of drug-likeness (QED) is 0.255. The Hall–Kier alpha value is -3.15. The molecule has 3 heterocycles. The fraction of sp³-hybridized carbons (Fsp3) is 0.656. The van der Waals surface area contributed by atoms with Crippen molar-refractivity contribution in [2.75, 3.05) is 7.11 Å². The number of carbonyl (C=O) groups is 3. The van der Waals surface area contributed by atoms with Crippen molar-refractivity contribution >= 4 is 18.0 Å². The summed E-state index contributed by atoms with van der Waals surface area (Å²) in [6.45, 7) is 7.48. The summed E-state index contributed by atoms with van der Waals surface area (Å²) in [6.07, 6.45) is 4.81. The molecule has 5 aliphatic rings. The smallest absolute Gasteiger partial charge is 0.407 e. The average molecular weight is 599 g/mol. The second-order valence-corrected chi connectivity index (χ2v) is 12.9. The summed E-state index contributed by atoms with van der Waals surface area (Å²) in [5.41, 5.74) is 0.225. The van der Waals surface area contributed by atoms with E-state index in [4.69, 9.17) is 23.7 Å². The van der Waals surface area contributed by atoms with E-state index in [0.29, 0.717) is 5.69 Å². The Morgan fingerprint density at radius 3 is 2.67 bits per heavy atom. The van der Waals surface area contributed by atoms with Crippen LogP contribution in [-0.4, -0.2) is 83.5 Å². The molecule has 6 rings (SSSR count).